The molecule has 3 rings (SSSR count). The molecule has 2 aliphatic carbocycles. The summed E-state index contributed by atoms with van der Waals surface area (Å²) in [6.45, 7) is 7.58. The quantitative estimate of drug-likeness (QED) is 0.704. The molecule has 1 spiro atoms. The third-order valence-electron chi connectivity index (χ3n) is 5.68. The Morgan fingerprint density at radius 2 is 1.88 bits per heavy atom. The fraction of sp³-hybridized carbons (Fsp3) is 0.929. The average Bonchev–Trinajstić information content (AvgIpc) is 2.84. The van der Waals surface area contributed by atoms with Crippen molar-refractivity contribution in [2.75, 3.05) is 13.2 Å². The summed E-state index contributed by atoms with van der Waals surface area (Å²) >= 11 is 0. The lowest BCUT2D eigenvalue weighted by Gasteiger charge is -2.52. The number of rotatable bonds is 1. The van der Waals surface area contributed by atoms with E-state index in [4.69, 9.17) is 9.47 Å². The monoisotopic (exact) mass is 238 g/mol. The molecule has 1 saturated heterocycles. The summed E-state index contributed by atoms with van der Waals surface area (Å²) in [5.41, 5.74) is -0.135. The van der Waals surface area contributed by atoms with E-state index in [1.807, 2.05) is 0 Å². The van der Waals surface area contributed by atoms with E-state index in [0.717, 1.165) is 25.7 Å². The van der Waals surface area contributed by atoms with Crippen LogP contribution in [-0.2, 0) is 14.3 Å². The zero-order chi connectivity index (χ0) is 12.3. The lowest BCUT2D eigenvalue weighted by molar-refractivity contribution is -0.271. The molecule has 0 N–H and O–H groups in total. The van der Waals surface area contributed by atoms with E-state index in [1.54, 1.807) is 6.92 Å². The second kappa shape index (κ2) is 3.33. The fourth-order valence-electron chi connectivity index (χ4n) is 4.26. The molecule has 3 fully saturated rings. The molecule has 0 aromatic carbocycles. The number of hydrogen-bond acceptors (Lipinski definition) is 3. The predicted molar refractivity (Wildman–Crippen MR) is 63.5 cm³/mol. The van der Waals surface area contributed by atoms with Gasteiger partial charge < -0.3 is 9.47 Å². The van der Waals surface area contributed by atoms with Gasteiger partial charge in [-0.2, -0.15) is 0 Å². The van der Waals surface area contributed by atoms with Crippen LogP contribution < -0.4 is 0 Å². The van der Waals surface area contributed by atoms with Gasteiger partial charge in [0.15, 0.2) is 5.79 Å². The Bertz CT molecular complexity index is 354. The minimum atomic E-state index is -0.502. The van der Waals surface area contributed by atoms with E-state index in [-0.39, 0.29) is 10.8 Å². The zero-order valence-electron chi connectivity index (χ0n) is 11.0. The number of fused-ring (bicyclic) bond motifs is 2. The largest absolute Gasteiger partial charge is 0.347 e. The Hall–Kier alpha value is -0.410. The van der Waals surface area contributed by atoms with Crippen molar-refractivity contribution in [3.8, 4) is 0 Å². The molecular formula is C14H22O3. The summed E-state index contributed by atoms with van der Waals surface area (Å²) < 4.78 is 12.0. The van der Waals surface area contributed by atoms with Gasteiger partial charge in [0.25, 0.3) is 0 Å². The van der Waals surface area contributed by atoms with Crippen LogP contribution in [0.3, 0.4) is 0 Å². The van der Waals surface area contributed by atoms with Crippen LogP contribution >= 0.6 is 0 Å². The highest BCUT2D eigenvalue weighted by atomic mass is 16.7. The van der Waals surface area contributed by atoms with Crippen molar-refractivity contribution in [2.24, 2.45) is 16.7 Å². The first kappa shape index (κ1) is 11.7. The van der Waals surface area contributed by atoms with E-state index < -0.39 is 5.79 Å². The van der Waals surface area contributed by atoms with Gasteiger partial charge >= 0.3 is 0 Å². The van der Waals surface area contributed by atoms with Gasteiger partial charge in [0, 0.05) is 17.3 Å². The second-order valence-corrected chi connectivity index (χ2v) is 6.62. The van der Waals surface area contributed by atoms with Gasteiger partial charge in [0.2, 0.25) is 0 Å². The minimum Gasteiger partial charge on any atom is -0.347 e. The molecule has 3 aliphatic rings. The number of hydrogen-bond donors (Lipinski definition) is 0. The van der Waals surface area contributed by atoms with Crippen LogP contribution in [0.2, 0.25) is 0 Å². The van der Waals surface area contributed by atoms with Crippen LogP contribution in [0.25, 0.3) is 0 Å². The van der Waals surface area contributed by atoms with Crippen molar-refractivity contribution in [1.82, 2.24) is 0 Å². The molecule has 3 nitrogen and oxygen atoms in total. The maximum absolute atomic E-state index is 12.0. The summed E-state index contributed by atoms with van der Waals surface area (Å²) in [4.78, 5) is 12.0. The normalized spacial score (nSPS) is 41.9. The highest BCUT2D eigenvalue weighted by Crippen LogP contribution is 2.64. The molecule has 1 heterocycles. The molecule has 2 bridgehead atoms. The maximum Gasteiger partial charge on any atom is 0.174 e. The highest BCUT2D eigenvalue weighted by molar-refractivity contribution is 5.83. The first-order valence-corrected chi connectivity index (χ1v) is 6.71. The summed E-state index contributed by atoms with van der Waals surface area (Å²) in [6.07, 6.45) is 3.95. The third-order valence-corrected chi connectivity index (χ3v) is 5.68. The Labute approximate surface area is 103 Å². The second-order valence-electron chi connectivity index (χ2n) is 6.62. The van der Waals surface area contributed by atoms with E-state index in [0.29, 0.717) is 24.9 Å². The van der Waals surface area contributed by atoms with E-state index in [2.05, 4.69) is 13.8 Å². The molecule has 1 aliphatic heterocycles. The SMILES string of the molecule is CC(=O)[C@]12CC[C@H](C1)C(C)(C)C1(C2)OCCO1. The molecule has 0 radical (unpaired) electrons. The number of ether oxygens (including phenoxy) is 2. The summed E-state index contributed by atoms with van der Waals surface area (Å²) in [5, 5.41) is 0. The fourth-order valence-corrected chi connectivity index (χ4v) is 4.26. The van der Waals surface area contributed by atoms with Crippen molar-refractivity contribution < 1.29 is 14.3 Å². The van der Waals surface area contributed by atoms with Crippen molar-refractivity contribution >= 4 is 5.78 Å². The van der Waals surface area contributed by atoms with Crippen molar-refractivity contribution in [1.29, 1.82) is 0 Å². The third kappa shape index (κ3) is 1.33. The molecule has 0 unspecified atom stereocenters. The summed E-state index contributed by atoms with van der Waals surface area (Å²) in [5.74, 6) is 0.380. The molecule has 96 valence electrons. The van der Waals surface area contributed by atoms with E-state index >= 15 is 0 Å². The van der Waals surface area contributed by atoms with Crippen LogP contribution in [-0.4, -0.2) is 24.8 Å². The first-order valence-electron chi connectivity index (χ1n) is 6.71. The number of ketones is 1. The molecule has 3 heteroatoms. The van der Waals surface area contributed by atoms with Crippen LogP contribution in [0, 0.1) is 16.7 Å². The molecule has 2 atom stereocenters. The van der Waals surface area contributed by atoms with Crippen molar-refractivity contribution in [2.45, 2.75) is 52.2 Å². The highest BCUT2D eigenvalue weighted by Gasteiger charge is 2.65. The van der Waals surface area contributed by atoms with Crippen molar-refractivity contribution in [3.63, 3.8) is 0 Å². The Balaban J connectivity index is 2.02. The standard InChI is InChI=1S/C14H22O3/c1-10(15)13-5-4-11(8-13)12(2,3)14(9-13)16-6-7-17-14/h11H,4-9H2,1-3H3/t11-,13-/m1/s1. The first-order chi connectivity index (χ1) is 7.92. The number of Topliss-reactive ketones (excluding diaryl/α,β-unsaturated/α-hetero) is 1. The molecule has 2 saturated carbocycles. The van der Waals surface area contributed by atoms with Gasteiger partial charge in [-0.1, -0.05) is 13.8 Å². The lowest BCUT2D eigenvalue weighted by Crippen LogP contribution is -2.56. The van der Waals surface area contributed by atoms with Gasteiger partial charge in [-0.05, 0) is 32.1 Å². The Kier molecular flexibility index (Phi) is 2.28. The smallest absolute Gasteiger partial charge is 0.174 e. The van der Waals surface area contributed by atoms with Gasteiger partial charge in [-0.25, -0.2) is 0 Å². The average molecular weight is 238 g/mol. The molecular weight excluding hydrogens is 216 g/mol. The predicted octanol–water partition coefficient (Wildman–Crippen LogP) is 2.53. The lowest BCUT2D eigenvalue weighted by atomic mass is 9.59. The zero-order valence-corrected chi connectivity index (χ0v) is 11.0. The van der Waals surface area contributed by atoms with Crippen LogP contribution in [0.1, 0.15) is 46.5 Å². The van der Waals surface area contributed by atoms with E-state index in [1.165, 1.54) is 0 Å². The van der Waals surface area contributed by atoms with Crippen LogP contribution in [0.15, 0.2) is 0 Å². The molecule has 0 aromatic rings. The van der Waals surface area contributed by atoms with Crippen LogP contribution in [0.4, 0.5) is 0 Å². The molecule has 17 heavy (non-hydrogen) atoms. The van der Waals surface area contributed by atoms with Crippen LogP contribution in [0.5, 0.6) is 0 Å². The number of carbonyl (C=O) groups excluding carboxylic acids is 1. The summed E-state index contributed by atoms with van der Waals surface area (Å²) in [6, 6.07) is 0. The molecule has 0 aromatic heterocycles. The van der Waals surface area contributed by atoms with Crippen molar-refractivity contribution in [3.05, 3.63) is 0 Å². The molecule has 0 amide bonds. The number of carbonyl (C=O) groups is 1. The van der Waals surface area contributed by atoms with Gasteiger partial charge in [-0.15, -0.1) is 0 Å². The van der Waals surface area contributed by atoms with E-state index in [9.17, 15) is 4.79 Å². The van der Waals surface area contributed by atoms with Gasteiger partial charge in [0.1, 0.15) is 5.78 Å². The Morgan fingerprint density at radius 3 is 2.47 bits per heavy atom. The Morgan fingerprint density at radius 1 is 1.24 bits per heavy atom. The minimum absolute atomic E-state index is 0.0267. The summed E-state index contributed by atoms with van der Waals surface area (Å²) in [7, 11) is 0. The van der Waals surface area contributed by atoms with Gasteiger partial charge in [0.05, 0.1) is 13.2 Å². The topological polar surface area (TPSA) is 35.5 Å². The maximum atomic E-state index is 12.0. The van der Waals surface area contributed by atoms with Gasteiger partial charge in [-0.3, -0.25) is 4.79 Å².